The summed E-state index contributed by atoms with van der Waals surface area (Å²) in [4.78, 5) is 0. The molecule has 3 nitrogen and oxygen atoms in total. The van der Waals surface area contributed by atoms with Crippen molar-refractivity contribution >= 4 is 0 Å². The summed E-state index contributed by atoms with van der Waals surface area (Å²) in [6.45, 7) is 5.73. The molecule has 0 saturated carbocycles. The lowest BCUT2D eigenvalue weighted by atomic mass is 10.1. The summed E-state index contributed by atoms with van der Waals surface area (Å²) in [6, 6.07) is 8.36. The molecule has 0 spiro atoms. The fourth-order valence-corrected chi connectivity index (χ4v) is 2.63. The molecule has 1 aliphatic rings. The predicted molar refractivity (Wildman–Crippen MR) is 86.9 cm³/mol. The van der Waals surface area contributed by atoms with Gasteiger partial charge < -0.3 is 14.8 Å². The summed E-state index contributed by atoms with van der Waals surface area (Å²) in [7, 11) is 0. The third-order valence-corrected chi connectivity index (χ3v) is 3.95. The Bertz CT molecular complexity index is 371. The Kier molecular flexibility index (Phi) is 7.61. The van der Waals surface area contributed by atoms with Crippen molar-refractivity contribution in [2.24, 2.45) is 0 Å². The molecule has 21 heavy (non-hydrogen) atoms. The van der Waals surface area contributed by atoms with Crippen LogP contribution in [0.3, 0.4) is 0 Å². The van der Waals surface area contributed by atoms with E-state index in [1.54, 1.807) is 0 Å². The van der Waals surface area contributed by atoms with Gasteiger partial charge >= 0.3 is 0 Å². The minimum absolute atomic E-state index is 0.186. The van der Waals surface area contributed by atoms with Gasteiger partial charge in [-0.3, -0.25) is 0 Å². The molecule has 0 aliphatic carbocycles. The average Bonchev–Trinajstić information content (AvgIpc) is 2.55. The molecule has 0 amide bonds. The molecule has 1 fully saturated rings. The number of ether oxygens (including phenoxy) is 2. The van der Waals surface area contributed by atoms with E-state index < -0.39 is 0 Å². The van der Waals surface area contributed by atoms with E-state index in [1.807, 2.05) is 0 Å². The molecule has 0 radical (unpaired) electrons. The average molecular weight is 291 g/mol. The van der Waals surface area contributed by atoms with Crippen LogP contribution in [0.2, 0.25) is 0 Å². The zero-order valence-electron chi connectivity index (χ0n) is 13.3. The Morgan fingerprint density at radius 1 is 1.10 bits per heavy atom. The maximum atomic E-state index is 5.80. The van der Waals surface area contributed by atoms with Crippen LogP contribution in [-0.4, -0.2) is 26.3 Å². The molecule has 0 aromatic heterocycles. The summed E-state index contributed by atoms with van der Waals surface area (Å²) in [5, 5.41) is 3.35. The van der Waals surface area contributed by atoms with Crippen LogP contribution in [0.5, 0.6) is 5.75 Å². The van der Waals surface area contributed by atoms with Crippen LogP contribution in [-0.2, 0) is 4.74 Å². The standard InChI is InChI=1S/C18H29NO2/c1-2-3-4-5-6-7-13-20-17-10-8-16(9-11-17)18-15-19-12-14-21-18/h8-11,18-19H,2-7,12-15H2,1H3/t18-/m0/s1. The van der Waals surface area contributed by atoms with Crippen molar-refractivity contribution in [1.29, 1.82) is 0 Å². The van der Waals surface area contributed by atoms with E-state index >= 15 is 0 Å². The van der Waals surface area contributed by atoms with Crippen molar-refractivity contribution in [3.05, 3.63) is 29.8 Å². The quantitative estimate of drug-likeness (QED) is 0.695. The molecular weight excluding hydrogens is 262 g/mol. The first kappa shape index (κ1) is 16.3. The Morgan fingerprint density at radius 2 is 1.86 bits per heavy atom. The van der Waals surface area contributed by atoms with Gasteiger partial charge in [-0.25, -0.2) is 0 Å². The van der Waals surface area contributed by atoms with Crippen LogP contribution in [0, 0.1) is 0 Å². The van der Waals surface area contributed by atoms with Crippen molar-refractivity contribution in [3.63, 3.8) is 0 Å². The second-order valence-corrected chi connectivity index (χ2v) is 5.75. The van der Waals surface area contributed by atoms with Gasteiger partial charge in [0.2, 0.25) is 0 Å². The Morgan fingerprint density at radius 3 is 2.57 bits per heavy atom. The summed E-state index contributed by atoms with van der Waals surface area (Å²) in [5.74, 6) is 0.969. The smallest absolute Gasteiger partial charge is 0.119 e. The summed E-state index contributed by atoms with van der Waals surface area (Å²) in [6.07, 6.45) is 7.99. The first-order valence-electron chi connectivity index (χ1n) is 8.45. The number of benzene rings is 1. The number of hydrogen-bond donors (Lipinski definition) is 1. The number of unbranched alkanes of at least 4 members (excludes halogenated alkanes) is 5. The second kappa shape index (κ2) is 9.80. The number of hydrogen-bond acceptors (Lipinski definition) is 3. The second-order valence-electron chi connectivity index (χ2n) is 5.75. The van der Waals surface area contributed by atoms with Gasteiger partial charge in [0.1, 0.15) is 5.75 Å². The molecule has 1 aromatic rings. The van der Waals surface area contributed by atoms with Crippen molar-refractivity contribution in [2.75, 3.05) is 26.3 Å². The van der Waals surface area contributed by atoms with E-state index in [-0.39, 0.29) is 6.10 Å². The van der Waals surface area contributed by atoms with Crippen LogP contribution in [0.25, 0.3) is 0 Å². The third kappa shape index (κ3) is 6.06. The zero-order chi connectivity index (χ0) is 14.8. The SMILES string of the molecule is CCCCCCCCOc1ccc([C@@H]2CNCCO2)cc1. The number of morpholine rings is 1. The molecular formula is C18H29NO2. The van der Waals surface area contributed by atoms with Crippen molar-refractivity contribution in [1.82, 2.24) is 5.32 Å². The van der Waals surface area contributed by atoms with Gasteiger partial charge in [0.15, 0.2) is 0 Å². The first-order valence-corrected chi connectivity index (χ1v) is 8.45. The fraction of sp³-hybridized carbons (Fsp3) is 0.667. The molecule has 3 heteroatoms. The Hall–Kier alpha value is -1.06. The van der Waals surface area contributed by atoms with Gasteiger partial charge in [-0.05, 0) is 24.1 Å². The van der Waals surface area contributed by atoms with Crippen LogP contribution in [0.4, 0.5) is 0 Å². The van der Waals surface area contributed by atoms with Crippen LogP contribution in [0.1, 0.15) is 57.1 Å². The zero-order valence-corrected chi connectivity index (χ0v) is 13.3. The highest BCUT2D eigenvalue weighted by Crippen LogP contribution is 2.21. The van der Waals surface area contributed by atoms with E-state index in [0.717, 1.165) is 38.5 Å². The molecule has 2 rings (SSSR count). The minimum Gasteiger partial charge on any atom is -0.494 e. The van der Waals surface area contributed by atoms with Gasteiger partial charge in [-0.1, -0.05) is 51.2 Å². The molecule has 1 atom stereocenters. The molecule has 118 valence electrons. The van der Waals surface area contributed by atoms with E-state index in [2.05, 4.69) is 36.5 Å². The highest BCUT2D eigenvalue weighted by atomic mass is 16.5. The van der Waals surface area contributed by atoms with E-state index in [4.69, 9.17) is 9.47 Å². The number of nitrogens with one attached hydrogen (secondary N) is 1. The molecule has 0 unspecified atom stereocenters. The van der Waals surface area contributed by atoms with Crippen molar-refractivity contribution in [3.8, 4) is 5.75 Å². The van der Waals surface area contributed by atoms with E-state index in [9.17, 15) is 0 Å². The summed E-state index contributed by atoms with van der Waals surface area (Å²) in [5.41, 5.74) is 1.23. The molecule has 1 aliphatic heterocycles. The van der Waals surface area contributed by atoms with E-state index in [0.29, 0.717) is 0 Å². The molecule has 1 aromatic carbocycles. The van der Waals surface area contributed by atoms with Gasteiger partial charge in [-0.15, -0.1) is 0 Å². The molecule has 1 heterocycles. The topological polar surface area (TPSA) is 30.5 Å². The predicted octanol–water partition coefficient (Wildman–Crippen LogP) is 4.09. The summed E-state index contributed by atoms with van der Waals surface area (Å²) < 4.78 is 11.5. The van der Waals surface area contributed by atoms with Crippen LogP contribution in [0.15, 0.2) is 24.3 Å². The lowest BCUT2D eigenvalue weighted by Gasteiger charge is -2.24. The third-order valence-electron chi connectivity index (χ3n) is 3.95. The van der Waals surface area contributed by atoms with Crippen molar-refractivity contribution < 1.29 is 9.47 Å². The lowest BCUT2D eigenvalue weighted by Crippen LogP contribution is -2.33. The van der Waals surface area contributed by atoms with E-state index in [1.165, 1.54) is 37.7 Å². The molecule has 1 N–H and O–H groups in total. The Balaban J connectivity index is 1.63. The maximum Gasteiger partial charge on any atom is 0.119 e. The van der Waals surface area contributed by atoms with Crippen molar-refractivity contribution in [2.45, 2.75) is 51.6 Å². The minimum atomic E-state index is 0.186. The maximum absolute atomic E-state index is 5.80. The van der Waals surface area contributed by atoms with Gasteiger partial charge in [0, 0.05) is 13.1 Å². The molecule has 0 bridgehead atoms. The normalized spacial score (nSPS) is 18.6. The van der Waals surface area contributed by atoms with Gasteiger partial charge in [-0.2, -0.15) is 0 Å². The Labute approximate surface area is 129 Å². The summed E-state index contributed by atoms with van der Waals surface area (Å²) >= 11 is 0. The van der Waals surface area contributed by atoms with Gasteiger partial charge in [0.05, 0.1) is 19.3 Å². The largest absolute Gasteiger partial charge is 0.494 e. The van der Waals surface area contributed by atoms with Crippen LogP contribution >= 0.6 is 0 Å². The number of rotatable bonds is 9. The first-order chi connectivity index (χ1) is 10.4. The lowest BCUT2D eigenvalue weighted by molar-refractivity contribution is 0.0277. The highest BCUT2D eigenvalue weighted by Gasteiger charge is 2.15. The monoisotopic (exact) mass is 291 g/mol. The highest BCUT2D eigenvalue weighted by molar-refractivity contribution is 5.29. The molecule has 1 saturated heterocycles. The van der Waals surface area contributed by atoms with Gasteiger partial charge in [0.25, 0.3) is 0 Å². The fourth-order valence-electron chi connectivity index (χ4n) is 2.63. The van der Waals surface area contributed by atoms with Crippen LogP contribution < -0.4 is 10.1 Å².